The van der Waals surface area contributed by atoms with E-state index in [4.69, 9.17) is 16.9 Å². The molecule has 2 heterocycles. The number of hydrogen-bond donors (Lipinski definition) is 0. The predicted octanol–water partition coefficient (Wildman–Crippen LogP) is 2.88. The number of hydrogen-bond acceptors (Lipinski definition) is 5. The standard InChI is InChI=1S/C16H9ClN4O3/c17-15-12(5-10-3-1-2-4-14(10)19-15)8-20-9-13(21(23)24)6-11(7-18)16(20)22/h1-6,9H,8H2. The van der Waals surface area contributed by atoms with Crippen LogP contribution in [0.1, 0.15) is 11.1 Å². The van der Waals surface area contributed by atoms with Gasteiger partial charge in [-0.05, 0) is 12.1 Å². The maximum absolute atomic E-state index is 12.2. The second-order valence-electron chi connectivity index (χ2n) is 5.04. The minimum absolute atomic E-state index is 0.0220. The Labute approximate surface area is 140 Å². The molecule has 7 nitrogen and oxygen atoms in total. The Hall–Kier alpha value is -3.24. The summed E-state index contributed by atoms with van der Waals surface area (Å²) in [7, 11) is 0. The monoisotopic (exact) mass is 340 g/mol. The molecule has 0 atom stereocenters. The Bertz CT molecular complexity index is 1070. The molecule has 24 heavy (non-hydrogen) atoms. The number of fused-ring (bicyclic) bond motifs is 1. The van der Waals surface area contributed by atoms with Gasteiger partial charge in [0.25, 0.3) is 11.2 Å². The first-order valence-corrected chi connectivity index (χ1v) is 7.20. The Morgan fingerprint density at radius 2 is 2.08 bits per heavy atom. The average molecular weight is 341 g/mol. The lowest BCUT2D eigenvalue weighted by molar-refractivity contribution is -0.385. The highest BCUT2D eigenvalue weighted by Crippen LogP contribution is 2.21. The molecule has 0 radical (unpaired) electrons. The summed E-state index contributed by atoms with van der Waals surface area (Å²) < 4.78 is 1.09. The molecule has 0 unspecified atom stereocenters. The number of nitrogens with zero attached hydrogens (tertiary/aromatic N) is 4. The van der Waals surface area contributed by atoms with Gasteiger partial charge < -0.3 is 4.57 Å². The van der Waals surface area contributed by atoms with Gasteiger partial charge in [-0.15, -0.1) is 0 Å². The molecule has 3 aromatic rings. The van der Waals surface area contributed by atoms with Gasteiger partial charge in [-0.25, -0.2) is 4.98 Å². The number of para-hydroxylation sites is 1. The van der Waals surface area contributed by atoms with Crippen molar-refractivity contribution in [3.63, 3.8) is 0 Å². The molecular formula is C16H9ClN4O3. The van der Waals surface area contributed by atoms with Crippen molar-refractivity contribution in [2.45, 2.75) is 6.54 Å². The third-order valence-electron chi connectivity index (χ3n) is 3.49. The summed E-state index contributed by atoms with van der Waals surface area (Å²) >= 11 is 6.16. The second kappa shape index (κ2) is 6.10. The largest absolute Gasteiger partial charge is 0.303 e. The highest BCUT2D eigenvalue weighted by atomic mass is 35.5. The minimum Gasteiger partial charge on any atom is -0.303 e. The maximum Gasteiger partial charge on any atom is 0.287 e. The van der Waals surface area contributed by atoms with Gasteiger partial charge in [0, 0.05) is 17.0 Å². The van der Waals surface area contributed by atoms with Gasteiger partial charge in [-0.2, -0.15) is 5.26 Å². The third kappa shape index (κ3) is 2.83. The van der Waals surface area contributed by atoms with Crippen LogP contribution in [0.3, 0.4) is 0 Å². The highest BCUT2D eigenvalue weighted by Gasteiger charge is 2.15. The fraction of sp³-hybridized carbons (Fsp3) is 0.0625. The number of pyridine rings is 2. The number of aromatic nitrogens is 2. The topological polar surface area (TPSA) is 102 Å². The number of rotatable bonds is 3. The summed E-state index contributed by atoms with van der Waals surface area (Å²) in [5.41, 5.74) is -0.0189. The van der Waals surface area contributed by atoms with Crippen molar-refractivity contribution in [1.29, 1.82) is 5.26 Å². The van der Waals surface area contributed by atoms with Crippen molar-refractivity contribution >= 4 is 28.2 Å². The van der Waals surface area contributed by atoms with Crippen molar-refractivity contribution in [3.8, 4) is 6.07 Å². The van der Waals surface area contributed by atoms with Gasteiger partial charge >= 0.3 is 0 Å². The Balaban J connectivity index is 2.13. The summed E-state index contributed by atoms with van der Waals surface area (Å²) in [5.74, 6) is 0. The van der Waals surface area contributed by atoms with E-state index in [1.165, 1.54) is 0 Å². The van der Waals surface area contributed by atoms with Crippen LogP contribution in [0, 0.1) is 21.4 Å². The molecule has 0 bridgehead atoms. The summed E-state index contributed by atoms with van der Waals surface area (Å²) in [6.45, 7) is -0.0220. The molecule has 118 valence electrons. The van der Waals surface area contributed by atoms with Crippen LogP contribution in [0.4, 0.5) is 5.69 Å². The fourth-order valence-electron chi connectivity index (χ4n) is 2.35. The maximum atomic E-state index is 12.2. The molecule has 0 saturated carbocycles. The molecular weight excluding hydrogens is 332 g/mol. The van der Waals surface area contributed by atoms with Crippen molar-refractivity contribution in [2.24, 2.45) is 0 Å². The second-order valence-corrected chi connectivity index (χ2v) is 5.40. The average Bonchev–Trinajstić information content (AvgIpc) is 2.57. The van der Waals surface area contributed by atoms with Gasteiger partial charge in [0.1, 0.15) is 16.8 Å². The Kier molecular flexibility index (Phi) is 3.98. The van der Waals surface area contributed by atoms with E-state index >= 15 is 0 Å². The van der Waals surface area contributed by atoms with E-state index in [1.807, 2.05) is 18.2 Å². The van der Waals surface area contributed by atoms with Crippen LogP contribution in [0.2, 0.25) is 5.15 Å². The van der Waals surface area contributed by atoms with E-state index in [0.717, 1.165) is 22.2 Å². The van der Waals surface area contributed by atoms with Crippen molar-refractivity contribution < 1.29 is 4.92 Å². The van der Waals surface area contributed by atoms with Crippen LogP contribution < -0.4 is 5.56 Å². The van der Waals surface area contributed by atoms with Gasteiger partial charge in [0.05, 0.1) is 23.2 Å². The third-order valence-corrected chi connectivity index (χ3v) is 3.82. The van der Waals surface area contributed by atoms with E-state index in [9.17, 15) is 14.9 Å². The van der Waals surface area contributed by atoms with E-state index in [-0.39, 0.29) is 22.9 Å². The smallest absolute Gasteiger partial charge is 0.287 e. The molecule has 0 amide bonds. The zero-order valence-electron chi connectivity index (χ0n) is 12.1. The molecule has 0 fully saturated rings. The van der Waals surface area contributed by atoms with Gasteiger partial charge in [-0.1, -0.05) is 29.8 Å². The van der Waals surface area contributed by atoms with Crippen LogP contribution in [-0.2, 0) is 6.54 Å². The Morgan fingerprint density at radius 3 is 2.79 bits per heavy atom. The van der Waals surface area contributed by atoms with Gasteiger partial charge in [0.2, 0.25) is 0 Å². The normalized spacial score (nSPS) is 10.5. The Morgan fingerprint density at radius 1 is 1.33 bits per heavy atom. The molecule has 0 N–H and O–H groups in total. The lowest BCUT2D eigenvalue weighted by Gasteiger charge is -2.09. The van der Waals surface area contributed by atoms with Crippen molar-refractivity contribution in [3.05, 3.63) is 79.3 Å². The molecule has 0 aliphatic heterocycles. The zero-order chi connectivity index (χ0) is 17.3. The van der Waals surface area contributed by atoms with E-state index < -0.39 is 10.5 Å². The zero-order valence-corrected chi connectivity index (χ0v) is 12.9. The number of halogens is 1. The number of nitro groups is 1. The van der Waals surface area contributed by atoms with Crippen LogP contribution in [0.5, 0.6) is 0 Å². The lowest BCUT2D eigenvalue weighted by Crippen LogP contribution is -2.23. The number of benzene rings is 1. The highest BCUT2D eigenvalue weighted by molar-refractivity contribution is 6.30. The van der Waals surface area contributed by atoms with Crippen molar-refractivity contribution in [2.75, 3.05) is 0 Å². The van der Waals surface area contributed by atoms with Crippen molar-refractivity contribution in [1.82, 2.24) is 9.55 Å². The van der Waals surface area contributed by atoms with E-state index in [1.54, 1.807) is 18.2 Å². The SMILES string of the molecule is N#Cc1cc([N+](=O)[O-])cn(Cc2cc3ccccc3nc2Cl)c1=O. The molecule has 0 aliphatic carbocycles. The van der Waals surface area contributed by atoms with Gasteiger partial charge in [0.15, 0.2) is 0 Å². The molecule has 3 rings (SSSR count). The summed E-state index contributed by atoms with van der Waals surface area (Å²) in [6, 6.07) is 11.7. The molecule has 0 saturated heterocycles. The molecule has 2 aromatic heterocycles. The van der Waals surface area contributed by atoms with Crippen LogP contribution >= 0.6 is 11.6 Å². The molecule has 1 aromatic carbocycles. The van der Waals surface area contributed by atoms with Crippen LogP contribution in [-0.4, -0.2) is 14.5 Å². The summed E-state index contributed by atoms with van der Waals surface area (Å²) in [4.78, 5) is 26.8. The number of nitriles is 1. The predicted molar refractivity (Wildman–Crippen MR) is 87.9 cm³/mol. The van der Waals surface area contributed by atoms with Gasteiger partial charge in [-0.3, -0.25) is 14.9 Å². The molecule has 8 heteroatoms. The molecule has 0 aliphatic rings. The summed E-state index contributed by atoms with van der Waals surface area (Å²) in [6.07, 6.45) is 1.09. The van der Waals surface area contributed by atoms with Crippen LogP contribution in [0.25, 0.3) is 10.9 Å². The first-order chi connectivity index (χ1) is 11.5. The summed E-state index contributed by atoms with van der Waals surface area (Å²) in [5, 5.41) is 21.0. The van der Waals surface area contributed by atoms with Crippen LogP contribution in [0.15, 0.2) is 47.4 Å². The quantitative estimate of drug-likeness (QED) is 0.414. The first kappa shape index (κ1) is 15.6. The minimum atomic E-state index is -0.656. The van der Waals surface area contributed by atoms with E-state index in [2.05, 4.69) is 4.98 Å². The fourth-order valence-corrected chi connectivity index (χ4v) is 2.55. The molecule has 0 spiro atoms. The lowest BCUT2D eigenvalue weighted by atomic mass is 10.1. The first-order valence-electron chi connectivity index (χ1n) is 6.82. The van der Waals surface area contributed by atoms with E-state index in [0.29, 0.717) is 11.1 Å².